The van der Waals surface area contributed by atoms with Crippen molar-refractivity contribution in [1.29, 1.82) is 0 Å². The van der Waals surface area contributed by atoms with Crippen LogP contribution in [0.3, 0.4) is 0 Å². The zero-order valence-electron chi connectivity index (χ0n) is 17.6. The zero-order chi connectivity index (χ0) is 24.4. The lowest BCUT2D eigenvalue weighted by Gasteiger charge is -2.28. The lowest BCUT2D eigenvalue weighted by Crippen LogP contribution is -2.42. The summed E-state index contributed by atoms with van der Waals surface area (Å²) in [4.78, 5) is 5.36. The van der Waals surface area contributed by atoms with Gasteiger partial charge >= 0.3 is 12.4 Å². The van der Waals surface area contributed by atoms with Crippen molar-refractivity contribution in [1.82, 2.24) is 15.2 Å². The molecule has 3 rings (SSSR count). The van der Waals surface area contributed by atoms with E-state index in [1.807, 2.05) is 0 Å². The standard InChI is InChI=1S/C19H23F6N5O3/c1-32-9-8-30-7-5-3-2-4-6-17(31,19(23,24)25)16-29-28-15(33-16)13-12(26)10-11(14(30)27-13)18(20,21)22/h10,31H,2-9,26H2,1H3/t17-/m1/s1. The summed E-state index contributed by atoms with van der Waals surface area (Å²) in [6.45, 7) is 0.336. The number of nitrogens with zero attached hydrogens (tertiary/aromatic N) is 4. The fraction of sp³-hybridized carbons (Fsp3) is 0.632. The number of aromatic nitrogens is 3. The van der Waals surface area contributed by atoms with Gasteiger partial charge in [0.1, 0.15) is 11.4 Å². The van der Waals surface area contributed by atoms with Gasteiger partial charge < -0.3 is 24.9 Å². The molecule has 184 valence electrons. The summed E-state index contributed by atoms with van der Waals surface area (Å²) in [5, 5.41) is 17.2. The molecule has 3 N–H and O–H groups in total. The number of fused-ring (bicyclic) bond motifs is 5. The first kappa shape index (κ1) is 25.0. The number of nitrogens with two attached hydrogens (primary N) is 1. The van der Waals surface area contributed by atoms with Crippen LogP contribution in [0.1, 0.15) is 43.6 Å². The number of methoxy groups -OCH3 is 1. The number of anilines is 2. The minimum absolute atomic E-state index is 0.0225. The lowest BCUT2D eigenvalue weighted by molar-refractivity contribution is -0.277. The van der Waals surface area contributed by atoms with Gasteiger partial charge in [-0.2, -0.15) is 26.3 Å². The van der Waals surface area contributed by atoms with Crippen LogP contribution in [-0.2, 0) is 16.5 Å². The lowest BCUT2D eigenvalue weighted by atomic mass is 9.95. The minimum Gasteiger partial charge on any atom is -0.416 e. The normalized spacial score (nSPS) is 20.5. The molecule has 1 aliphatic heterocycles. The number of ether oxygens (including phenoxy) is 1. The number of hydrogen-bond acceptors (Lipinski definition) is 8. The van der Waals surface area contributed by atoms with Gasteiger partial charge in [-0.15, -0.1) is 10.2 Å². The average Bonchev–Trinajstić information content (AvgIpc) is 3.21. The fourth-order valence-corrected chi connectivity index (χ4v) is 3.56. The van der Waals surface area contributed by atoms with Crippen LogP contribution in [0, 0.1) is 0 Å². The molecule has 1 aliphatic rings. The average molecular weight is 483 g/mol. The summed E-state index contributed by atoms with van der Waals surface area (Å²) in [7, 11) is 1.40. The number of aliphatic hydroxyl groups is 1. The first-order valence-corrected chi connectivity index (χ1v) is 10.1. The maximum Gasteiger partial charge on any atom is 0.426 e. The molecule has 1 atom stereocenters. The Bertz CT molecular complexity index is 964. The van der Waals surface area contributed by atoms with E-state index in [9.17, 15) is 31.4 Å². The van der Waals surface area contributed by atoms with Gasteiger partial charge in [-0.05, 0) is 25.3 Å². The molecule has 8 nitrogen and oxygen atoms in total. The van der Waals surface area contributed by atoms with Crippen molar-refractivity contribution in [2.75, 3.05) is 37.4 Å². The first-order valence-electron chi connectivity index (χ1n) is 10.1. The highest BCUT2D eigenvalue weighted by atomic mass is 19.4. The Hall–Kier alpha value is -2.61. The summed E-state index contributed by atoms with van der Waals surface area (Å²) in [5.74, 6) is -2.24. The molecule has 33 heavy (non-hydrogen) atoms. The van der Waals surface area contributed by atoms with Crippen molar-refractivity contribution in [2.24, 2.45) is 0 Å². The van der Waals surface area contributed by atoms with Gasteiger partial charge in [-0.25, -0.2) is 4.98 Å². The summed E-state index contributed by atoms with van der Waals surface area (Å²) in [6.07, 6.45) is -9.57. The van der Waals surface area contributed by atoms with Crippen molar-refractivity contribution in [3.05, 3.63) is 17.5 Å². The molecule has 0 aliphatic carbocycles. The molecule has 0 radical (unpaired) electrons. The van der Waals surface area contributed by atoms with E-state index < -0.39 is 58.9 Å². The van der Waals surface area contributed by atoms with E-state index in [-0.39, 0.29) is 26.1 Å². The predicted octanol–water partition coefficient (Wildman–Crippen LogP) is 3.90. The Morgan fingerprint density at radius 2 is 1.85 bits per heavy atom. The second-order valence-electron chi connectivity index (χ2n) is 7.71. The van der Waals surface area contributed by atoms with Crippen LogP contribution in [-0.4, -0.2) is 53.3 Å². The summed E-state index contributed by atoms with van der Waals surface area (Å²) in [6, 6.07) is 0.628. The van der Waals surface area contributed by atoms with Crippen LogP contribution in [0.5, 0.6) is 0 Å². The summed E-state index contributed by atoms with van der Waals surface area (Å²) < 4.78 is 92.4. The van der Waals surface area contributed by atoms with Crippen LogP contribution in [0.15, 0.2) is 10.5 Å². The topological polar surface area (TPSA) is 111 Å². The molecule has 0 saturated carbocycles. The van der Waals surface area contributed by atoms with Crippen molar-refractivity contribution in [2.45, 2.75) is 50.1 Å². The van der Waals surface area contributed by atoms with E-state index in [1.165, 1.54) is 12.0 Å². The molecule has 0 saturated heterocycles. The third-order valence-corrected chi connectivity index (χ3v) is 5.37. The molecular formula is C19H23F6N5O3. The largest absolute Gasteiger partial charge is 0.426 e. The van der Waals surface area contributed by atoms with Crippen LogP contribution in [0.4, 0.5) is 37.8 Å². The molecule has 3 heterocycles. The van der Waals surface area contributed by atoms with E-state index in [2.05, 4.69) is 15.2 Å². The van der Waals surface area contributed by atoms with Gasteiger partial charge in [0.05, 0.1) is 12.3 Å². The molecule has 0 spiro atoms. The molecule has 0 amide bonds. The molecule has 0 aromatic carbocycles. The Morgan fingerprint density at radius 1 is 1.15 bits per heavy atom. The highest BCUT2D eigenvalue weighted by molar-refractivity contribution is 5.71. The Kier molecular flexibility index (Phi) is 7.07. The van der Waals surface area contributed by atoms with Gasteiger partial charge in [0.15, 0.2) is 5.69 Å². The van der Waals surface area contributed by atoms with Crippen LogP contribution >= 0.6 is 0 Å². The SMILES string of the molecule is COCCN1CCCCCC[C@](O)(C(F)(F)F)c2nnc(o2)-c2nc1c(C(F)(F)F)cc2N. The summed E-state index contributed by atoms with van der Waals surface area (Å²) in [5.41, 5.74) is 0.296. The monoisotopic (exact) mass is 483 g/mol. The van der Waals surface area contributed by atoms with Gasteiger partial charge in [0.2, 0.25) is 5.60 Å². The van der Waals surface area contributed by atoms with Gasteiger partial charge in [-0.3, -0.25) is 0 Å². The minimum atomic E-state index is -5.12. The fourth-order valence-electron chi connectivity index (χ4n) is 3.56. The molecular weight excluding hydrogens is 460 g/mol. The van der Waals surface area contributed by atoms with Crippen molar-refractivity contribution in [3.8, 4) is 11.6 Å². The van der Waals surface area contributed by atoms with Crippen LogP contribution < -0.4 is 10.6 Å². The Labute approximate surface area is 184 Å². The van der Waals surface area contributed by atoms with Gasteiger partial charge in [0.25, 0.3) is 11.8 Å². The quantitative estimate of drug-likeness (QED) is 0.633. The number of rotatable bonds is 3. The third-order valence-electron chi connectivity index (χ3n) is 5.37. The molecule has 0 fully saturated rings. The molecule has 0 unspecified atom stereocenters. The zero-order valence-corrected chi connectivity index (χ0v) is 17.6. The number of halogens is 6. The van der Waals surface area contributed by atoms with Crippen LogP contribution in [0.25, 0.3) is 11.6 Å². The van der Waals surface area contributed by atoms with E-state index in [0.29, 0.717) is 25.3 Å². The van der Waals surface area contributed by atoms with E-state index in [1.54, 1.807) is 0 Å². The second kappa shape index (κ2) is 9.33. The Morgan fingerprint density at radius 3 is 2.48 bits per heavy atom. The van der Waals surface area contributed by atoms with E-state index in [0.717, 1.165) is 0 Å². The van der Waals surface area contributed by atoms with Gasteiger partial charge in [-0.1, -0.05) is 12.8 Å². The number of pyridine rings is 1. The third kappa shape index (κ3) is 5.16. The first-order chi connectivity index (χ1) is 15.4. The van der Waals surface area contributed by atoms with Crippen molar-refractivity contribution < 1.29 is 40.6 Å². The predicted molar refractivity (Wildman–Crippen MR) is 104 cm³/mol. The number of hydrogen-bond donors (Lipinski definition) is 2. The van der Waals surface area contributed by atoms with Crippen molar-refractivity contribution in [3.63, 3.8) is 0 Å². The number of alkyl halides is 6. The van der Waals surface area contributed by atoms with Gasteiger partial charge in [0, 0.05) is 20.2 Å². The smallest absolute Gasteiger partial charge is 0.416 e. The maximum atomic E-state index is 13.8. The molecule has 2 aromatic rings. The number of nitrogen functional groups attached to an aromatic ring is 1. The highest BCUT2D eigenvalue weighted by Gasteiger charge is 2.58. The molecule has 2 aromatic heterocycles. The highest BCUT2D eigenvalue weighted by Crippen LogP contribution is 2.44. The Balaban J connectivity index is 2.20. The second-order valence-corrected chi connectivity index (χ2v) is 7.71. The molecule has 14 heteroatoms. The van der Waals surface area contributed by atoms with E-state index in [4.69, 9.17) is 14.9 Å². The molecule has 4 bridgehead atoms. The summed E-state index contributed by atoms with van der Waals surface area (Å²) >= 11 is 0. The van der Waals surface area contributed by atoms with Crippen molar-refractivity contribution >= 4 is 11.5 Å². The van der Waals surface area contributed by atoms with E-state index >= 15 is 0 Å². The maximum absolute atomic E-state index is 13.8. The van der Waals surface area contributed by atoms with Crippen LogP contribution in [0.2, 0.25) is 0 Å².